The van der Waals surface area contributed by atoms with Crippen LogP contribution >= 0.6 is 11.6 Å². The minimum absolute atomic E-state index is 0.0621. The normalized spacial score (nSPS) is 15.8. The molecule has 0 aliphatic rings. The minimum atomic E-state index is -1.97. The summed E-state index contributed by atoms with van der Waals surface area (Å²) < 4.78 is 20.5. The highest BCUT2D eigenvalue weighted by molar-refractivity contribution is 7.76. The Morgan fingerprint density at radius 3 is 2.00 bits per heavy atom. The van der Waals surface area contributed by atoms with Crippen LogP contribution in [0.3, 0.4) is 0 Å². The molecule has 1 unspecified atom stereocenters. The fraction of sp³-hybridized carbons (Fsp3) is 1.00. The average Bonchev–Trinajstić information content (AvgIpc) is 1.60. The van der Waals surface area contributed by atoms with Gasteiger partial charge in [0, 0.05) is 5.54 Å². The Kier molecular flexibility index (Phi) is 3.80. The molecule has 0 aliphatic heterocycles. The van der Waals surface area contributed by atoms with Crippen molar-refractivity contribution in [2.45, 2.75) is 26.3 Å². The molecular formula is C5H12ClNO2S. The zero-order chi connectivity index (χ0) is 8.36. The Morgan fingerprint density at radius 1 is 1.60 bits per heavy atom. The summed E-state index contributed by atoms with van der Waals surface area (Å²) in [7, 11) is 0. The van der Waals surface area contributed by atoms with E-state index in [0.717, 1.165) is 0 Å². The van der Waals surface area contributed by atoms with Crippen LogP contribution in [0.2, 0.25) is 0 Å². The summed E-state index contributed by atoms with van der Waals surface area (Å²) in [6, 6.07) is 0.0621. The van der Waals surface area contributed by atoms with Gasteiger partial charge >= 0.3 is 0 Å². The first-order valence-electron chi connectivity index (χ1n) is 2.84. The molecule has 3 nitrogen and oxygen atoms in total. The molecule has 62 valence electrons. The molecule has 0 rings (SSSR count). The standard InChI is InChI=1S/C5H12ClNO2S/c1-5(2,3)7(4-6)10(8)9/h4H2,1-3H3,(H,8,9). The van der Waals surface area contributed by atoms with Crippen LogP contribution in [0.5, 0.6) is 0 Å². The van der Waals surface area contributed by atoms with Gasteiger partial charge in [-0.1, -0.05) is 0 Å². The van der Waals surface area contributed by atoms with Gasteiger partial charge in [-0.3, -0.25) is 4.55 Å². The topological polar surface area (TPSA) is 40.5 Å². The maximum absolute atomic E-state index is 10.5. The fourth-order valence-electron chi connectivity index (χ4n) is 0.455. The molecule has 0 amide bonds. The van der Waals surface area contributed by atoms with E-state index < -0.39 is 11.3 Å². The molecule has 0 heterocycles. The zero-order valence-electron chi connectivity index (χ0n) is 6.30. The molecule has 0 aromatic rings. The van der Waals surface area contributed by atoms with E-state index in [2.05, 4.69) is 0 Å². The second-order valence-corrected chi connectivity index (χ2v) is 4.04. The van der Waals surface area contributed by atoms with Gasteiger partial charge in [0.1, 0.15) is 0 Å². The molecule has 0 aromatic heterocycles. The van der Waals surface area contributed by atoms with Gasteiger partial charge in [0.05, 0.1) is 6.00 Å². The summed E-state index contributed by atoms with van der Waals surface area (Å²) in [5, 5.41) is 0. The lowest BCUT2D eigenvalue weighted by molar-refractivity contribution is 0.275. The van der Waals surface area contributed by atoms with Crippen LogP contribution in [-0.2, 0) is 11.3 Å². The maximum atomic E-state index is 10.5. The van der Waals surface area contributed by atoms with E-state index in [1.54, 1.807) is 0 Å². The highest BCUT2D eigenvalue weighted by atomic mass is 35.5. The smallest absolute Gasteiger partial charge is 0.236 e. The molecule has 0 spiro atoms. The number of hydrogen-bond acceptors (Lipinski definition) is 1. The molecule has 5 heteroatoms. The molecule has 0 bridgehead atoms. The van der Waals surface area contributed by atoms with E-state index in [9.17, 15) is 4.21 Å². The van der Waals surface area contributed by atoms with Gasteiger partial charge in [0.2, 0.25) is 11.3 Å². The van der Waals surface area contributed by atoms with E-state index in [1.807, 2.05) is 20.8 Å². The number of hydrogen-bond donors (Lipinski definition) is 1. The molecule has 0 aliphatic carbocycles. The van der Waals surface area contributed by atoms with Crippen LogP contribution in [0.1, 0.15) is 20.8 Å². The highest BCUT2D eigenvalue weighted by Gasteiger charge is 2.24. The van der Waals surface area contributed by atoms with E-state index in [-0.39, 0.29) is 11.5 Å². The molecular weight excluding hydrogens is 174 g/mol. The Hall–Kier alpha value is 0.360. The van der Waals surface area contributed by atoms with Crippen molar-refractivity contribution in [3.05, 3.63) is 0 Å². The Bertz CT molecular complexity index is 134. The Labute approximate surface area is 68.8 Å². The van der Waals surface area contributed by atoms with Gasteiger partial charge < -0.3 is 0 Å². The average molecular weight is 186 g/mol. The fourth-order valence-corrected chi connectivity index (χ4v) is 1.62. The van der Waals surface area contributed by atoms with Crippen molar-refractivity contribution in [1.29, 1.82) is 0 Å². The second kappa shape index (κ2) is 3.67. The predicted molar refractivity (Wildman–Crippen MR) is 43.1 cm³/mol. The molecule has 0 saturated heterocycles. The number of rotatable bonds is 2. The lowest BCUT2D eigenvalue weighted by atomic mass is 10.1. The van der Waals surface area contributed by atoms with E-state index in [1.165, 1.54) is 4.31 Å². The van der Waals surface area contributed by atoms with Crippen molar-refractivity contribution < 1.29 is 8.76 Å². The third kappa shape index (κ3) is 2.96. The third-order valence-electron chi connectivity index (χ3n) is 1.05. The first-order valence-corrected chi connectivity index (χ1v) is 4.44. The minimum Gasteiger partial charge on any atom is -0.294 e. The molecule has 1 N–H and O–H groups in total. The summed E-state index contributed by atoms with van der Waals surface area (Å²) in [5.74, 6) is 0. The van der Waals surface area contributed by atoms with Crippen LogP contribution in [0, 0.1) is 0 Å². The Morgan fingerprint density at radius 2 is 2.00 bits per heavy atom. The summed E-state index contributed by atoms with van der Waals surface area (Å²) in [5.41, 5.74) is -0.360. The van der Waals surface area contributed by atoms with Crippen molar-refractivity contribution in [3.63, 3.8) is 0 Å². The number of nitrogens with zero attached hydrogens (tertiary/aromatic N) is 1. The van der Waals surface area contributed by atoms with Crippen molar-refractivity contribution in [1.82, 2.24) is 4.31 Å². The number of alkyl halides is 1. The van der Waals surface area contributed by atoms with Crippen molar-refractivity contribution in [2.24, 2.45) is 0 Å². The Balaban J connectivity index is 4.22. The van der Waals surface area contributed by atoms with E-state index >= 15 is 0 Å². The summed E-state index contributed by atoms with van der Waals surface area (Å²) in [6.45, 7) is 5.47. The summed E-state index contributed by atoms with van der Waals surface area (Å²) in [6.07, 6.45) is 0. The monoisotopic (exact) mass is 185 g/mol. The maximum Gasteiger partial charge on any atom is 0.236 e. The van der Waals surface area contributed by atoms with Crippen LogP contribution < -0.4 is 0 Å². The molecule has 0 fully saturated rings. The van der Waals surface area contributed by atoms with Crippen molar-refractivity contribution in [3.8, 4) is 0 Å². The van der Waals surface area contributed by atoms with E-state index in [4.69, 9.17) is 16.2 Å². The van der Waals surface area contributed by atoms with Gasteiger partial charge in [-0.05, 0) is 20.8 Å². The zero-order valence-corrected chi connectivity index (χ0v) is 7.87. The van der Waals surface area contributed by atoms with Gasteiger partial charge in [-0.2, -0.15) is 4.31 Å². The van der Waals surface area contributed by atoms with Crippen LogP contribution in [0.15, 0.2) is 0 Å². The van der Waals surface area contributed by atoms with Gasteiger partial charge in [-0.15, -0.1) is 11.6 Å². The van der Waals surface area contributed by atoms with Crippen LogP contribution in [0.4, 0.5) is 0 Å². The summed E-state index contributed by atoms with van der Waals surface area (Å²) in [4.78, 5) is 0. The first kappa shape index (κ1) is 10.4. The molecule has 0 radical (unpaired) electrons. The van der Waals surface area contributed by atoms with Crippen LogP contribution in [0.25, 0.3) is 0 Å². The third-order valence-corrected chi connectivity index (χ3v) is 2.48. The van der Waals surface area contributed by atoms with Crippen LogP contribution in [-0.4, -0.2) is 24.6 Å². The number of halogens is 1. The first-order chi connectivity index (χ1) is 4.39. The van der Waals surface area contributed by atoms with Gasteiger partial charge in [0.25, 0.3) is 0 Å². The largest absolute Gasteiger partial charge is 0.294 e. The second-order valence-electron chi connectivity index (χ2n) is 2.90. The molecule has 10 heavy (non-hydrogen) atoms. The van der Waals surface area contributed by atoms with E-state index in [0.29, 0.717) is 0 Å². The SMILES string of the molecule is CC(C)(C)N(CCl)S(=O)O. The molecule has 0 aromatic carbocycles. The van der Waals surface area contributed by atoms with Crippen molar-refractivity contribution in [2.75, 3.05) is 6.00 Å². The lowest BCUT2D eigenvalue weighted by Crippen LogP contribution is -2.41. The quantitative estimate of drug-likeness (QED) is 0.402. The van der Waals surface area contributed by atoms with Gasteiger partial charge in [0.15, 0.2) is 0 Å². The predicted octanol–water partition coefficient (Wildman–Crippen LogP) is 1.42. The summed E-state index contributed by atoms with van der Waals surface area (Å²) >= 11 is 3.45. The molecule has 0 saturated carbocycles. The van der Waals surface area contributed by atoms with Gasteiger partial charge in [-0.25, -0.2) is 4.21 Å². The highest BCUT2D eigenvalue weighted by Crippen LogP contribution is 2.14. The molecule has 1 atom stereocenters. The lowest BCUT2D eigenvalue weighted by Gasteiger charge is -2.29. The van der Waals surface area contributed by atoms with Crippen molar-refractivity contribution >= 4 is 22.9 Å².